The van der Waals surface area contributed by atoms with Crippen molar-refractivity contribution in [3.8, 4) is 0 Å². The van der Waals surface area contributed by atoms with E-state index in [-0.39, 0.29) is 29.0 Å². The summed E-state index contributed by atoms with van der Waals surface area (Å²) in [5, 5.41) is 5.97. The van der Waals surface area contributed by atoms with Crippen molar-refractivity contribution in [2.45, 2.75) is 70.9 Å². The highest BCUT2D eigenvalue weighted by molar-refractivity contribution is 8.20. The van der Waals surface area contributed by atoms with E-state index in [2.05, 4.69) is 47.9 Å². The Hall–Kier alpha value is -1.37. The molecule has 0 saturated heterocycles. The topological polar surface area (TPSA) is 75.3 Å². The lowest BCUT2D eigenvalue weighted by atomic mass is 9.70. The molecule has 0 radical (unpaired) electrons. The van der Waals surface area contributed by atoms with E-state index >= 15 is 0 Å². The zero-order chi connectivity index (χ0) is 25.6. The van der Waals surface area contributed by atoms with Gasteiger partial charge in [-0.3, -0.25) is 9.88 Å². The van der Waals surface area contributed by atoms with Gasteiger partial charge in [-0.1, -0.05) is 99.2 Å². The number of ketones is 1. The molecule has 0 aliphatic heterocycles. The monoisotopic (exact) mass is 544 g/mol. The lowest BCUT2D eigenvalue weighted by Gasteiger charge is -2.39. The first-order valence-electron chi connectivity index (χ1n) is 13.1. The average Bonchev–Trinajstić information content (AvgIpc) is 3.20. The van der Waals surface area contributed by atoms with E-state index in [9.17, 15) is 13.2 Å². The first-order valence-corrected chi connectivity index (χ1v) is 17.6. The molecule has 4 atom stereocenters. The van der Waals surface area contributed by atoms with E-state index in [1.165, 1.54) is 0 Å². The Kier molecular flexibility index (Phi) is 7.10. The van der Waals surface area contributed by atoms with Gasteiger partial charge in [-0.15, -0.1) is 0 Å². The van der Waals surface area contributed by atoms with Gasteiger partial charge in [0.1, 0.15) is 5.78 Å². The van der Waals surface area contributed by atoms with Gasteiger partial charge in [0.25, 0.3) is 0 Å². The van der Waals surface area contributed by atoms with Crippen LogP contribution in [0.3, 0.4) is 0 Å². The van der Waals surface area contributed by atoms with Crippen LogP contribution in [-0.2, 0) is 26.6 Å². The summed E-state index contributed by atoms with van der Waals surface area (Å²) in [5.74, 6) is 0.333. The van der Waals surface area contributed by atoms with Crippen molar-refractivity contribution in [3.05, 3.63) is 60.7 Å². The predicted octanol–water partition coefficient (Wildman–Crippen LogP) is 4.25. The van der Waals surface area contributed by atoms with E-state index in [1.54, 1.807) is 0 Å². The van der Waals surface area contributed by atoms with Crippen LogP contribution in [0.25, 0.3) is 0 Å². The van der Waals surface area contributed by atoms with Crippen LogP contribution in [-0.4, -0.2) is 32.0 Å². The summed E-state index contributed by atoms with van der Waals surface area (Å²) in [5.41, 5.74) is -1.03. The average molecular weight is 545 g/mol. The molecule has 0 aromatic heterocycles. The van der Waals surface area contributed by atoms with Crippen molar-refractivity contribution < 1.29 is 13.2 Å². The molecule has 3 fully saturated rings. The molecule has 3 saturated carbocycles. The van der Waals surface area contributed by atoms with Crippen molar-refractivity contribution in [2.24, 2.45) is 16.7 Å². The van der Waals surface area contributed by atoms with Crippen molar-refractivity contribution >= 4 is 44.4 Å². The van der Waals surface area contributed by atoms with Crippen LogP contribution in [0.5, 0.6) is 0 Å². The van der Waals surface area contributed by atoms with Gasteiger partial charge in [0, 0.05) is 34.5 Å². The molecule has 2 bridgehead atoms. The van der Waals surface area contributed by atoms with Crippen molar-refractivity contribution in [1.82, 2.24) is 9.81 Å². The largest absolute Gasteiger partial charge is 0.299 e. The Bertz CT molecular complexity index is 1220. The van der Waals surface area contributed by atoms with Gasteiger partial charge in [-0.25, -0.2) is 13.1 Å². The Balaban J connectivity index is 1.40. The highest BCUT2D eigenvalue weighted by Crippen LogP contribution is 2.64. The normalized spacial score (nSPS) is 29.9. The molecule has 2 N–H and O–H groups in total. The van der Waals surface area contributed by atoms with Crippen LogP contribution in [0.4, 0.5) is 0 Å². The van der Waals surface area contributed by atoms with Gasteiger partial charge in [0.2, 0.25) is 10.0 Å². The minimum absolute atomic E-state index is 0.0686. The van der Waals surface area contributed by atoms with Crippen molar-refractivity contribution in [2.75, 3.05) is 5.75 Å². The van der Waals surface area contributed by atoms with Crippen molar-refractivity contribution in [1.29, 1.82) is 0 Å². The molecule has 5 rings (SSSR count). The molecule has 8 heteroatoms. The molecule has 3 aliphatic carbocycles. The zero-order valence-corrected chi connectivity index (χ0v) is 23.7. The van der Waals surface area contributed by atoms with E-state index in [4.69, 9.17) is 11.8 Å². The zero-order valence-electron chi connectivity index (χ0n) is 21.2. The number of nitrogens with one attached hydrogen (secondary N) is 2. The molecule has 2 aromatic carbocycles. The van der Waals surface area contributed by atoms with Gasteiger partial charge in [0.15, 0.2) is 0 Å². The Morgan fingerprint density at radius 2 is 1.47 bits per heavy atom. The fraction of sp³-hybridized carbons (Fsp3) is 0.536. The minimum Gasteiger partial charge on any atom is -0.299 e. The molecule has 2 aromatic rings. The number of hydrogen-bond donors (Lipinski definition) is 2. The van der Waals surface area contributed by atoms with Gasteiger partial charge < -0.3 is 0 Å². The molecule has 0 heterocycles. The molecular weight excluding hydrogens is 507 g/mol. The van der Waals surface area contributed by atoms with Crippen LogP contribution in [0.15, 0.2) is 60.7 Å². The number of rotatable bonds is 8. The maximum Gasteiger partial charge on any atom is 0.212 e. The predicted molar refractivity (Wildman–Crippen MR) is 151 cm³/mol. The summed E-state index contributed by atoms with van der Waals surface area (Å²) < 4.78 is 30.3. The van der Waals surface area contributed by atoms with E-state index in [0.717, 1.165) is 42.7 Å². The summed E-state index contributed by atoms with van der Waals surface area (Å²) in [6, 6.07) is 20.0. The summed E-state index contributed by atoms with van der Waals surface area (Å²) in [6.45, 7) is 4.18. The van der Waals surface area contributed by atoms with Crippen LogP contribution in [0, 0.1) is 16.7 Å². The number of sulfonamides is 1. The number of hydrogen-bond acceptors (Lipinski definition) is 4. The third-order valence-corrected chi connectivity index (χ3v) is 15.1. The first-order chi connectivity index (χ1) is 17.1. The van der Waals surface area contributed by atoms with Gasteiger partial charge in [-0.05, 0) is 37.0 Å². The quantitative estimate of drug-likeness (QED) is 0.486. The summed E-state index contributed by atoms with van der Waals surface area (Å²) in [7, 11) is -3.66. The summed E-state index contributed by atoms with van der Waals surface area (Å²) in [6.07, 6.45) is 3.41. The van der Waals surface area contributed by atoms with Crippen molar-refractivity contribution in [3.63, 3.8) is 0 Å². The number of Topliss-reactive ketones (excluding diaryl/α,β-unsaturated/α-hetero) is 1. The third kappa shape index (κ3) is 4.56. The van der Waals surface area contributed by atoms with E-state index in [0.29, 0.717) is 18.8 Å². The number of carbonyl (C=O) groups is 1. The number of benzene rings is 2. The van der Waals surface area contributed by atoms with E-state index in [1.807, 2.05) is 36.4 Å². The second-order valence-corrected chi connectivity index (χ2v) is 17.4. The Morgan fingerprint density at radius 1 is 0.917 bits per heavy atom. The Morgan fingerprint density at radius 3 is 1.97 bits per heavy atom. The smallest absolute Gasteiger partial charge is 0.212 e. The maximum atomic E-state index is 13.6. The van der Waals surface area contributed by atoms with Gasteiger partial charge in [-0.2, -0.15) is 0 Å². The second kappa shape index (κ2) is 9.74. The fourth-order valence-corrected chi connectivity index (χ4v) is 12.8. The van der Waals surface area contributed by atoms with Gasteiger partial charge >= 0.3 is 0 Å². The molecule has 0 spiro atoms. The molecule has 5 nitrogen and oxygen atoms in total. The van der Waals surface area contributed by atoms with Crippen LogP contribution < -0.4 is 20.4 Å². The SMILES string of the molecule is CC1(C)[C@H]2CC[C@]1(CS(=O)(=O)N[C@H]1CCCC[C@@H]1NP(=S)(c1ccccc1)c1ccccc1)C(=O)C2. The molecule has 0 amide bonds. The summed E-state index contributed by atoms with van der Waals surface area (Å²) in [4.78, 5) is 13.0. The molecular formula is C28H37N2O3PS2. The maximum absolute atomic E-state index is 13.6. The summed E-state index contributed by atoms with van der Waals surface area (Å²) >= 11 is 6.39. The minimum atomic E-state index is -3.66. The standard InChI is InChI=1S/C28H37N2O3PS2/c1-27(2)21-17-18-28(27,26(31)19-21)20-36(32,33)30-25-16-10-9-15-24(25)29-34(35,22-11-5-3-6-12-22)23-13-7-4-8-14-23/h3-8,11-14,21,24-25,30H,9-10,15-20H2,1-2H3,(H,29,35)/t21-,24-,25-,28-/m0/s1. The molecule has 194 valence electrons. The second-order valence-electron chi connectivity index (χ2n) is 11.5. The van der Waals surface area contributed by atoms with Crippen LogP contribution in [0.2, 0.25) is 0 Å². The number of fused-ring (bicyclic) bond motifs is 2. The highest BCUT2D eigenvalue weighted by atomic mass is 32.4. The highest BCUT2D eigenvalue weighted by Gasteiger charge is 2.65. The lowest BCUT2D eigenvalue weighted by Crippen LogP contribution is -2.54. The first kappa shape index (κ1) is 26.2. The van der Waals surface area contributed by atoms with Crippen LogP contribution >= 0.6 is 6.19 Å². The van der Waals surface area contributed by atoms with Gasteiger partial charge in [0.05, 0.1) is 11.9 Å². The molecule has 36 heavy (non-hydrogen) atoms. The lowest BCUT2D eigenvalue weighted by molar-refractivity contribution is -0.128. The Labute approximate surface area is 221 Å². The fourth-order valence-electron chi connectivity index (χ4n) is 6.94. The molecule has 3 aliphatic rings. The third-order valence-electron chi connectivity index (χ3n) is 9.26. The number of carbonyl (C=O) groups excluding carboxylic acids is 1. The molecule has 0 unspecified atom stereocenters. The van der Waals surface area contributed by atoms with Crippen LogP contribution in [0.1, 0.15) is 58.8 Å². The van der Waals surface area contributed by atoms with E-state index < -0.39 is 21.6 Å².